The highest BCUT2D eigenvalue weighted by atomic mass is 35.5. The van der Waals surface area contributed by atoms with Crippen molar-refractivity contribution >= 4 is 62.2 Å². The number of aromatic nitrogens is 2. The Morgan fingerprint density at radius 3 is 2.18 bits per heavy atom. The van der Waals surface area contributed by atoms with Gasteiger partial charge in [-0.05, 0) is 54.7 Å². The third kappa shape index (κ3) is 6.13. The zero-order valence-electron chi connectivity index (χ0n) is 18.0. The lowest BCUT2D eigenvalue weighted by Gasteiger charge is -2.36. The van der Waals surface area contributed by atoms with Crippen LogP contribution in [0.1, 0.15) is 5.56 Å². The van der Waals surface area contributed by atoms with Crippen LogP contribution < -0.4 is 10.0 Å². The van der Waals surface area contributed by atoms with E-state index in [9.17, 15) is 8.42 Å². The van der Waals surface area contributed by atoms with E-state index in [1.165, 1.54) is 24.5 Å². The third-order valence-electron chi connectivity index (χ3n) is 5.31. The van der Waals surface area contributed by atoms with Crippen molar-refractivity contribution < 1.29 is 8.42 Å². The number of sulfonamides is 1. The summed E-state index contributed by atoms with van der Waals surface area (Å²) >= 11 is 18.2. The van der Waals surface area contributed by atoms with Crippen LogP contribution in [0.15, 0.2) is 65.8 Å². The van der Waals surface area contributed by atoms with Crippen molar-refractivity contribution in [2.45, 2.75) is 11.4 Å². The lowest BCUT2D eigenvalue weighted by Crippen LogP contribution is -2.49. The Balaban J connectivity index is 1.30. The maximum Gasteiger partial charge on any atom is 0.264 e. The Hall–Kier alpha value is -2.50. The van der Waals surface area contributed by atoms with Gasteiger partial charge < -0.3 is 10.2 Å². The minimum absolute atomic E-state index is 0.0156. The summed E-state index contributed by atoms with van der Waals surface area (Å²) in [6, 6.07) is 13.5. The Morgan fingerprint density at radius 2 is 1.56 bits per heavy atom. The molecule has 3 aromatic rings. The monoisotopic (exact) mass is 536 g/mol. The van der Waals surface area contributed by atoms with Crippen molar-refractivity contribution in [2.75, 3.05) is 36.2 Å². The molecule has 1 aliphatic rings. The summed E-state index contributed by atoms with van der Waals surface area (Å²) in [6.45, 7) is 3.81. The minimum Gasteiger partial charge on any atom is -0.346 e. The van der Waals surface area contributed by atoms with Crippen LogP contribution in [0, 0.1) is 0 Å². The molecule has 0 amide bonds. The number of thiocarbonyl (C=S) groups is 1. The molecule has 0 unspecified atom stereocenters. The van der Waals surface area contributed by atoms with Crippen molar-refractivity contribution in [2.24, 2.45) is 0 Å². The number of nitrogens with one attached hydrogen (secondary N) is 2. The molecule has 1 aliphatic heterocycles. The molecule has 1 aromatic heterocycles. The van der Waals surface area contributed by atoms with Gasteiger partial charge in [0.2, 0.25) is 5.95 Å². The van der Waals surface area contributed by atoms with Gasteiger partial charge >= 0.3 is 0 Å². The lowest BCUT2D eigenvalue weighted by molar-refractivity contribution is 0.177. The summed E-state index contributed by atoms with van der Waals surface area (Å²) in [5, 5.41) is 5.11. The zero-order valence-corrected chi connectivity index (χ0v) is 21.1. The Bertz CT molecular complexity index is 1230. The van der Waals surface area contributed by atoms with Gasteiger partial charge in [0.05, 0.1) is 4.90 Å². The fourth-order valence-corrected chi connectivity index (χ4v) is 5.24. The first-order valence-corrected chi connectivity index (χ1v) is 13.1. The number of piperazine rings is 1. The van der Waals surface area contributed by atoms with Crippen molar-refractivity contribution in [3.05, 3.63) is 76.5 Å². The smallest absolute Gasteiger partial charge is 0.264 e. The fraction of sp³-hybridized carbons (Fsp3) is 0.227. The Kier molecular flexibility index (Phi) is 7.84. The van der Waals surface area contributed by atoms with E-state index < -0.39 is 10.0 Å². The number of halogens is 2. The van der Waals surface area contributed by atoms with E-state index in [0.717, 1.165) is 31.7 Å². The number of hydrogen-bond acceptors (Lipinski definition) is 6. The molecule has 0 aliphatic carbocycles. The highest BCUT2D eigenvalue weighted by Crippen LogP contribution is 2.26. The first-order valence-electron chi connectivity index (χ1n) is 10.4. The zero-order chi connectivity index (χ0) is 24.1. The highest BCUT2D eigenvalue weighted by molar-refractivity contribution is 7.92. The van der Waals surface area contributed by atoms with Crippen LogP contribution in [0.5, 0.6) is 0 Å². The Labute approximate surface area is 214 Å². The van der Waals surface area contributed by atoms with E-state index >= 15 is 0 Å². The number of nitrogens with zero attached hydrogens (tertiary/aromatic N) is 4. The van der Waals surface area contributed by atoms with E-state index in [0.29, 0.717) is 27.4 Å². The highest BCUT2D eigenvalue weighted by Gasteiger charge is 2.21. The van der Waals surface area contributed by atoms with Gasteiger partial charge in [-0.1, -0.05) is 29.3 Å². The second kappa shape index (κ2) is 10.8. The molecule has 0 atom stereocenters. The van der Waals surface area contributed by atoms with Gasteiger partial charge in [0.15, 0.2) is 5.11 Å². The molecule has 0 bridgehead atoms. The van der Waals surface area contributed by atoms with Crippen molar-refractivity contribution in [3.63, 3.8) is 0 Å². The molecule has 178 valence electrons. The first kappa shape index (κ1) is 24.6. The second-order valence-electron chi connectivity index (χ2n) is 7.60. The molecule has 0 saturated carbocycles. The summed E-state index contributed by atoms with van der Waals surface area (Å²) in [6.07, 6.45) is 2.93. The van der Waals surface area contributed by atoms with E-state index in [1.54, 1.807) is 18.2 Å². The molecule has 2 aromatic carbocycles. The van der Waals surface area contributed by atoms with Crippen LogP contribution in [-0.2, 0) is 16.6 Å². The van der Waals surface area contributed by atoms with Crippen LogP contribution in [0.25, 0.3) is 0 Å². The molecule has 8 nitrogen and oxygen atoms in total. The second-order valence-corrected chi connectivity index (χ2v) is 10.5. The minimum atomic E-state index is -3.79. The van der Waals surface area contributed by atoms with E-state index in [1.807, 2.05) is 18.2 Å². The molecule has 1 fully saturated rings. The molecule has 0 spiro atoms. The maximum atomic E-state index is 12.5. The summed E-state index contributed by atoms with van der Waals surface area (Å²) < 4.78 is 27.4. The molecule has 2 heterocycles. The van der Waals surface area contributed by atoms with Gasteiger partial charge in [-0.25, -0.2) is 23.1 Å². The fourth-order valence-electron chi connectivity index (χ4n) is 3.47. The number of hydrogen-bond donors (Lipinski definition) is 2. The summed E-state index contributed by atoms with van der Waals surface area (Å²) in [5.41, 5.74) is 1.63. The first-order chi connectivity index (χ1) is 16.3. The molecule has 34 heavy (non-hydrogen) atoms. The average molecular weight is 537 g/mol. The predicted octanol–water partition coefficient (Wildman–Crippen LogP) is 4.10. The van der Waals surface area contributed by atoms with Crippen molar-refractivity contribution in [3.8, 4) is 0 Å². The SMILES string of the molecule is O=S(=O)(Nc1ncccn1)c1ccc(NC(=S)N2CCN(Cc3c(Cl)cccc3Cl)CC2)cc1. The number of benzene rings is 2. The molecule has 0 radical (unpaired) electrons. The molecular weight excluding hydrogens is 515 g/mol. The predicted molar refractivity (Wildman–Crippen MR) is 139 cm³/mol. The molecule has 1 saturated heterocycles. The standard InChI is InChI=1S/C22H22Cl2N6O2S2/c23-19-3-1-4-20(24)18(19)15-29-11-13-30(14-12-29)22(33)27-16-5-7-17(8-6-16)34(31,32)28-21-25-9-2-10-26-21/h1-10H,11-15H2,(H,27,33)(H,25,26,28). The van der Waals surface area contributed by atoms with Crippen LogP contribution in [0.3, 0.4) is 0 Å². The quantitative estimate of drug-likeness (QED) is 0.455. The van der Waals surface area contributed by atoms with E-state index in [2.05, 4.69) is 29.8 Å². The normalized spacial score (nSPS) is 14.6. The van der Waals surface area contributed by atoms with Crippen LogP contribution in [0.2, 0.25) is 10.0 Å². The van der Waals surface area contributed by atoms with Gasteiger partial charge in [0.1, 0.15) is 0 Å². The Morgan fingerprint density at radius 1 is 0.941 bits per heavy atom. The molecule has 12 heteroatoms. The molecule has 4 rings (SSSR count). The summed E-state index contributed by atoms with van der Waals surface area (Å²) in [5.74, 6) is 0.0156. The summed E-state index contributed by atoms with van der Waals surface area (Å²) in [7, 11) is -3.79. The van der Waals surface area contributed by atoms with Gasteiger partial charge in [-0.2, -0.15) is 0 Å². The van der Waals surface area contributed by atoms with Crippen LogP contribution >= 0.6 is 35.4 Å². The van der Waals surface area contributed by atoms with Crippen molar-refractivity contribution in [1.82, 2.24) is 19.8 Å². The summed E-state index contributed by atoms with van der Waals surface area (Å²) in [4.78, 5) is 12.2. The van der Waals surface area contributed by atoms with Gasteiger partial charge in [-0.15, -0.1) is 0 Å². The van der Waals surface area contributed by atoms with Gasteiger partial charge in [0, 0.05) is 66.4 Å². The third-order valence-corrected chi connectivity index (χ3v) is 7.72. The van der Waals surface area contributed by atoms with Gasteiger partial charge in [0.25, 0.3) is 10.0 Å². The van der Waals surface area contributed by atoms with Gasteiger partial charge in [-0.3, -0.25) is 4.90 Å². The van der Waals surface area contributed by atoms with E-state index in [4.69, 9.17) is 35.4 Å². The topological polar surface area (TPSA) is 90.5 Å². The van der Waals surface area contributed by atoms with Crippen LogP contribution in [0.4, 0.5) is 11.6 Å². The largest absolute Gasteiger partial charge is 0.346 e. The van der Waals surface area contributed by atoms with Crippen molar-refractivity contribution in [1.29, 1.82) is 0 Å². The lowest BCUT2D eigenvalue weighted by atomic mass is 10.2. The average Bonchev–Trinajstić information content (AvgIpc) is 2.83. The molecular formula is C22H22Cl2N6O2S2. The maximum absolute atomic E-state index is 12.5. The molecule has 2 N–H and O–H groups in total. The number of rotatable bonds is 6. The van der Waals surface area contributed by atoms with E-state index in [-0.39, 0.29) is 10.8 Å². The number of anilines is 2. The van der Waals surface area contributed by atoms with Crippen LogP contribution in [-0.4, -0.2) is 59.5 Å².